The summed E-state index contributed by atoms with van der Waals surface area (Å²) in [4.78, 5) is 44.4. The largest absolute Gasteiger partial charge is 0.465 e. The fourth-order valence-corrected chi connectivity index (χ4v) is 6.63. The lowest BCUT2D eigenvalue weighted by Crippen LogP contribution is -2.58. The topological polar surface area (TPSA) is 96.4 Å². The second-order valence-electron chi connectivity index (χ2n) is 9.98. The SMILES string of the molecule is C=CCCOC(=O)[C@@H]1[C@@H]2CCC3(O2)C(C(=O)N(CC=C)C2CCCCC2)N(CCCO)C(=O)[C@H]13. The third kappa shape index (κ3) is 4.19. The molecule has 3 heterocycles. The van der Waals surface area contributed by atoms with E-state index in [9.17, 15) is 19.5 Å². The Kier molecular flexibility index (Phi) is 7.77. The maximum atomic E-state index is 14.2. The van der Waals surface area contributed by atoms with Crippen molar-refractivity contribution in [3.05, 3.63) is 25.3 Å². The number of carbonyl (C=O) groups is 3. The average Bonchev–Trinajstić information content (AvgIpc) is 3.49. The first-order valence-corrected chi connectivity index (χ1v) is 12.8. The number of amides is 2. The van der Waals surface area contributed by atoms with Gasteiger partial charge in [0, 0.05) is 25.7 Å². The van der Waals surface area contributed by atoms with Crippen molar-refractivity contribution in [3.63, 3.8) is 0 Å². The second kappa shape index (κ2) is 10.6. The van der Waals surface area contributed by atoms with E-state index < -0.39 is 35.6 Å². The second-order valence-corrected chi connectivity index (χ2v) is 9.98. The van der Waals surface area contributed by atoms with Gasteiger partial charge in [0.25, 0.3) is 0 Å². The maximum absolute atomic E-state index is 14.2. The molecule has 3 aliphatic heterocycles. The van der Waals surface area contributed by atoms with Crippen LogP contribution in [0.15, 0.2) is 25.3 Å². The van der Waals surface area contributed by atoms with Crippen molar-refractivity contribution < 1.29 is 29.0 Å². The number of hydrogen-bond acceptors (Lipinski definition) is 6. The van der Waals surface area contributed by atoms with Crippen LogP contribution in [0.3, 0.4) is 0 Å². The Morgan fingerprint density at radius 2 is 1.97 bits per heavy atom. The summed E-state index contributed by atoms with van der Waals surface area (Å²) in [6, 6.07) is -0.683. The number of hydrogen-bond donors (Lipinski definition) is 1. The van der Waals surface area contributed by atoms with Crippen molar-refractivity contribution in [2.75, 3.05) is 26.3 Å². The van der Waals surface area contributed by atoms with Crippen LogP contribution < -0.4 is 0 Å². The standard InChI is InChI=1S/C26H38N2O6/c1-3-5-17-33-25(32)20-19-12-13-26(34-19)21(20)23(30)28(15-9-16-29)22(26)24(31)27(14-4-2)18-10-7-6-8-11-18/h3-4,18-22,29H,1-2,5-17H2/t19-,20+,21-,22?,26?/m0/s1. The quantitative estimate of drug-likeness (QED) is 0.280. The van der Waals surface area contributed by atoms with E-state index in [0.717, 1.165) is 25.7 Å². The molecule has 3 saturated heterocycles. The molecule has 4 aliphatic rings. The smallest absolute Gasteiger partial charge is 0.312 e. The Bertz CT molecular complexity index is 809. The van der Waals surface area contributed by atoms with Gasteiger partial charge in [0.15, 0.2) is 0 Å². The molecule has 1 aliphatic carbocycles. The predicted molar refractivity (Wildman–Crippen MR) is 126 cm³/mol. The molecule has 2 unspecified atom stereocenters. The summed E-state index contributed by atoms with van der Waals surface area (Å²) in [5.41, 5.74) is -1.02. The fourth-order valence-electron chi connectivity index (χ4n) is 6.63. The van der Waals surface area contributed by atoms with Gasteiger partial charge in [-0.05, 0) is 38.5 Å². The highest BCUT2D eigenvalue weighted by Gasteiger charge is 2.75. The zero-order valence-electron chi connectivity index (χ0n) is 20.0. The number of rotatable bonds is 11. The van der Waals surface area contributed by atoms with E-state index in [4.69, 9.17) is 9.47 Å². The third-order valence-corrected chi connectivity index (χ3v) is 8.05. The van der Waals surface area contributed by atoms with E-state index in [1.807, 2.05) is 4.90 Å². The highest BCUT2D eigenvalue weighted by Crippen LogP contribution is 2.59. The van der Waals surface area contributed by atoms with E-state index >= 15 is 0 Å². The molecule has 5 atom stereocenters. The van der Waals surface area contributed by atoms with Gasteiger partial charge in [-0.2, -0.15) is 0 Å². The highest BCUT2D eigenvalue weighted by molar-refractivity contribution is 5.98. The molecule has 0 aromatic carbocycles. The van der Waals surface area contributed by atoms with Crippen LogP contribution in [0.2, 0.25) is 0 Å². The maximum Gasteiger partial charge on any atom is 0.312 e. The van der Waals surface area contributed by atoms with Crippen LogP contribution in [-0.2, 0) is 23.9 Å². The molecule has 34 heavy (non-hydrogen) atoms. The van der Waals surface area contributed by atoms with Crippen molar-refractivity contribution in [3.8, 4) is 0 Å². The van der Waals surface area contributed by atoms with Gasteiger partial charge in [-0.1, -0.05) is 31.4 Å². The van der Waals surface area contributed by atoms with Crippen LogP contribution in [0.25, 0.3) is 0 Å². The van der Waals surface area contributed by atoms with E-state index in [1.54, 1.807) is 17.1 Å². The first kappa shape index (κ1) is 24.9. The van der Waals surface area contributed by atoms with Gasteiger partial charge in [-0.25, -0.2) is 0 Å². The molecule has 0 radical (unpaired) electrons. The monoisotopic (exact) mass is 474 g/mol. The molecule has 188 valence electrons. The van der Waals surface area contributed by atoms with Crippen molar-refractivity contribution in [2.24, 2.45) is 11.8 Å². The number of esters is 1. The number of ether oxygens (including phenoxy) is 2. The molecule has 4 rings (SSSR count). The lowest BCUT2D eigenvalue weighted by Gasteiger charge is -2.40. The van der Waals surface area contributed by atoms with E-state index in [0.29, 0.717) is 32.2 Å². The number of likely N-dealkylation sites (tertiary alicyclic amines) is 1. The first-order chi connectivity index (χ1) is 16.5. The van der Waals surface area contributed by atoms with Gasteiger partial charge in [-0.15, -0.1) is 13.2 Å². The third-order valence-electron chi connectivity index (χ3n) is 8.05. The molecule has 2 amide bonds. The fraction of sp³-hybridized carbons (Fsp3) is 0.731. The molecule has 1 saturated carbocycles. The average molecular weight is 475 g/mol. The minimum Gasteiger partial charge on any atom is -0.465 e. The van der Waals surface area contributed by atoms with Gasteiger partial charge >= 0.3 is 5.97 Å². The lowest BCUT2D eigenvalue weighted by atomic mass is 9.70. The Labute approximate surface area is 201 Å². The molecule has 8 heteroatoms. The predicted octanol–water partition coefficient (Wildman–Crippen LogP) is 2.21. The minimum atomic E-state index is -1.02. The number of carbonyl (C=O) groups excluding carboxylic acids is 3. The molecule has 0 aromatic heterocycles. The summed E-state index contributed by atoms with van der Waals surface area (Å²) < 4.78 is 11.9. The summed E-state index contributed by atoms with van der Waals surface area (Å²) in [7, 11) is 0. The molecular weight excluding hydrogens is 436 g/mol. The number of aliphatic hydroxyl groups excluding tert-OH is 1. The summed E-state index contributed by atoms with van der Waals surface area (Å²) in [6.07, 6.45) is 10.3. The zero-order valence-corrected chi connectivity index (χ0v) is 20.0. The van der Waals surface area contributed by atoms with Crippen LogP contribution in [0.4, 0.5) is 0 Å². The molecule has 2 bridgehead atoms. The van der Waals surface area contributed by atoms with Gasteiger partial charge in [0.05, 0.1) is 24.5 Å². The number of nitrogens with zero attached hydrogens (tertiary/aromatic N) is 2. The summed E-state index contributed by atoms with van der Waals surface area (Å²) in [6.45, 7) is 8.31. The normalized spacial score (nSPS) is 32.5. The molecule has 1 spiro atoms. The highest BCUT2D eigenvalue weighted by atomic mass is 16.6. The zero-order chi connectivity index (χ0) is 24.3. The summed E-state index contributed by atoms with van der Waals surface area (Å²) in [5.74, 6) is -2.23. The minimum absolute atomic E-state index is 0.0855. The van der Waals surface area contributed by atoms with Gasteiger partial charge < -0.3 is 24.4 Å². The summed E-state index contributed by atoms with van der Waals surface area (Å²) >= 11 is 0. The van der Waals surface area contributed by atoms with Crippen LogP contribution in [0.5, 0.6) is 0 Å². The van der Waals surface area contributed by atoms with Crippen molar-refractivity contribution in [1.29, 1.82) is 0 Å². The Morgan fingerprint density at radius 3 is 2.65 bits per heavy atom. The van der Waals surface area contributed by atoms with Gasteiger partial charge in [0.2, 0.25) is 11.8 Å². The molecular formula is C26H38N2O6. The lowest BCUT2D eigenvalue weighted by molar-refractivity contribution is -0.155. The van der Waals surface area contributed by atoms with E-state index in [1.165, 1.54) is 6.42 Å². The number of aliphatic hydroxyl groups is 1. The van der Waals surface area contributed by atoms with Crippen molar-refractivity contribution in [2.45, 2.75) is 81.6 Å². The summed E-state index contributed by atoms with van der Waals surface area (Å²) in [5, 5.41) is 9.47. The molecule has 0 aromatic rings. The van der Waals surface area contributed by atoms with Gasteiger partial charge in [0.1, 0.15) is 11.6 Å². The van der Waals surface area contributed by atoms with E-state index in [2.05, 4.69) is 13.2 Å². The first-order valence-electron chi connectivity index (χ1n) is 12.8. The van der Waals surface area contributed by atoms with Crippen LogP contribution in [0, 0.1) is 11.8 Å². The molecule has 8 nitrogen and oxygen atoms in total. The Morgan fingerprint density at radius 1 is 1.21 bits per heavy atom. The van der Waals surface area contributed by atoms with E-state index in [-0.39, 0.29) is 37.6 Å². The van der Waals surface area contributed by atoms with Crippen LogP contribution in [0.1, 0.15) is 57.8 Å². The van der Waals surface area contributed by atoms with Gasteiger partial charge in [-0.3, -0.25) is 14.4 Å². The Hall–Kier alpha value is -2.19. The van der Waals surface area contributed by atoms with Crippen LogP contribution >= 0.6 is 0 Å². The Balaban J connectivity index is 1.66. The number of fused-ring (bicyclic) bond motifs is 1. The van der Waals surface area contributed by atoms with Crippen molar-refractivity contribution in [1.82, 2.24) is 9.80 Å². The molecule has 1 N–H and O–H groups in total. The molecule has 4 fully saturated rings. The van der Waals surface area contributed by atoms with Crippen LogP contribution in [-0.4, -0.2) is 82.8 Å². The van der Waals surface area contributed by atoms with Crippen molar-refractivity contribution >= 4 is 17.8 Å².